The van der Waals surface area contributed by atoms with Crippen molar-refractivity contribution < 1.29 is 23.5 Å². The molecule has 3 heterocycles. The number of carbonyl (C=O) groups is 1. The first-order valence-electron chi connectivity index (χ1n) is 12.6. The number of fused-ring (bicyclic) bond motifs is 1. The number of ether oxygens (including phenoxy) is 1. The summed E-state index contributed by atoms with van der Waals surface area (Å²) in [6.07, 6.45) is 3.80. The second kappa shape index (κ2) is 9.27. The van der Waals surface area contributed by atoms with Gasteiger partial charge in [-0.25, -0.2) is 9.34 Å². The van der Waals surface area contributed by atoms with Gasteiger partial charge >= 0.3 is 13.4 Å². The largest absolute Gasteiger partial charge is 0.450 e. The summed E-state index contributed by atoms with van der Waals surface area (Å²) in [6.45, 7) is 4.51. The molecule has 0 radical (unpaired) electrons. The van der Waals surface area contributed by atoms with Crippen LogP contribution in [0.15, 0.2) is 36.4 Å². The average molecular weight is 513 g/mol. The molecule has 2 aromatic carbocycles. The van der Waals surface area contributed by atoms with Crippen molar-refractivity contribution >= 4 is 19.3 Å². The van der Waals surface area contributed by atoms with Crippen LogP contribution in [0.2, 0.25) is 0 Å². The normalized spacial score (nSPS) is 21.8. The Morgan fingerprint density at radius 3 is 2.39 bits per heavy atom. The van der Waals surface area contributed by atoms with Crippen LogP contribution in [0.1, 0.15) is 53.3 Å². The molecule has 4 aliphatic rings. The summed E-state index contributed by atoms with van der Waals surface area (Å²) in [6, 6.07) is 9.96. The van der Waals surface area contributed by atoms with Crippen molar-refractivity contribution in [3.05, 3.63) is 63.2 Å². The maximum Gasteiger partial charge on any atom is 0.346 e. The molecule has 1 unspecified atom stereocenters. The number of piperidine rings is 1. The molecule has 2 aromatic rings. The molecular formula is C25H29N4O6P. The number of hydrogen-bond acceptors (Lipinski definition) is 6. The maximum absolute atomic E-state index is 13.5. The Morgan fingerprint density at radius 2 is 1.72 bits per heavy atom. The lowest BCUT2D eigenvalue weighted by molar-refractivity contribution is -0.385. The van der Waals surface area contributed by atoms with Gasteiger partial charge in [-0.2, -0.15) is 0 Å². The number of likely N-dealkylation sites (tertiary alicyclic amines) is 1. The van der Waals surface area contributed by atoms with Crippen LogP contribution in [-0.2, 0) is 15.5 Å². The highest BCUT2D eigenvalue weighted by Gasteiger charge is 2.51. The van der Waals surface area contributed by atoms with E-state index in [-0.39, 0.29) is 17.3 Å². The Hall–Kier alpha value is -2.78. The minimum atomic E-state index is -3.04. The molecule has 11 heteroatoms. The van der Waals surface area contributed by atoms with E-state index in [0.29, 0.717) is 29.7 Å². The molecule has 3 saturated heterocycles. The number of rotatable bonds is 8. The predicted molar refractivity (Wildman–Crippen MR) is 132 cm³/mol. The van der Waals surface area contributed by atoms with Crippen molar-refractivity contribution in [2.24, 2.45) is 0 Å². The van der Waals surface area contributed by atoms with Gasteiger partial charge in [0.05, 0.1) is 11.0 Å². The fourth-order valence-electron chi connectivity index (χ4n) is 5.15. The second-order valence-corrected chi connectivity index (χ2v) is 12.1. The molecule has 0 spiro atoms. The van der Waals surface area contributed by atoms with Gasteiger partial charge < -0.3 is 9.64 Å². The zero-order chi connectivity index (χ0) is 24.9. The van der Waals surface area contributed by atoms with Crippen LogP contribution in [-0.4, -0.2) is 64.3 Å². The quantitative estimate of drug-likeness (QED) is 0.216. The van der Waals surface area contributed by atoms with E-state index in [1.54, 1.807) is 30.3 Å². The van der Waals surface area contributed by atoms with Crippen molar-refractivity contribution in [2.75, 3.05) is 39.3 Å². The second-order valence-electron chi connectivity index (χ2n) is 9.75. The van der Waals surface area contributed by atoms with E-state index in [4.69, 9.17) is 9.26 Å². The van der Waals surface area contributed by atoms with Gasteiger partial charge in [0, 0.05) is 56.5 Å². The molecule has 1 amide bonds. The molecule has 36 heavy (non-hydrogen) atoms. The van der Waals surface area contributed by atoms with Gasteiger partial charge in [-0.1, -0.05) is 6.07 Å². The van der Waals surface area contributed by atoms with E-state index in [0.717, 1.165) is 64.1 Å². The highest BCUT2D eigenvalue weighted by atomic mass is 31.2. The standard InChI is InChI=1S/C25H29N4O6P/c30-25(26-11-2-1-3-12-26)18-5-4-6-19(17-18)34-24-21-8-10-23(20(21)7-9-22(24)29(31)32)35-36(33,27-13-14-27)28-15-16-28/h4-7,9,17,23H,1-3,8,10-16H2. The Bertz CT molecular complexity index is 1240. The van der Waals surface area contributed by atoms with Crippen LogP contribution in [0.4, 0.5) is 5.69 Å². The topological polar surface area (TPSA) is 105 Å². The van der Waals surface area contributed by atoms with Gasteiger partial charge in [0.25, 0.3) is 5.91 Å². The van der Waals surface area contributed by atoms with Gasteiger partial charge in [-0.15, -0.1) is 0 Å². The fraction of sp³-hybridized carbons (Fsp3) is 0.480. The minimum Gasteiger partial charge on any atom is -0.450 e. The molecule has 1 aliphatic carbocycles. The summed E-state index contributed by atoms with van der Waals surface area (Å²) in [4.78, 5) is 26.2. The van der Waals surface area contributed by atoms with Crippen LogP contribution in [0, 0.1) is 10.1 Å². The van der Waals surface area contributed by atoms with E-state index in [1.807, 2.05) is 14.2 Å². The van der Waals surface area contributed by atoms with Crippen molar-refractivity contribution in [1.29, 1.82) is 0 Å². The molecule has 10 nitrogen and oxygen atoms in total. The smallest absolute Gasteiger partial charge is 0.346 e. The zero-order valence-corrected chi connectivity index (χ0v) is 20.9. The first-order chi connectivity index (χ1) is 17.4. The van der Waals surface area contributed by atoms with Gasteiger partial charge in [0.15, 0.2) is 0 Å². The molecule has 3 fully saturated rings. The lowest BCUT2D eigenvalue weighted by Crippen LogP contribution is -2.35. The molecule has 1 atom stereocenters. The van der Waals surface area contributed by atoms with Crippen molar-refractivity contribution in [3.63, 3.8) is 0 Å². The Morgan fingerprint density at radius 1 is 1.00 bits per heavy atom. The third-order valence-electron chi connectivity index (χ3n) is 7.25. The van der Waals surface area contributed by atoms with Crippen LogP contribution in [0.5, 0.6) is 11.5 Å². The number of amides is 1. The van der Waals surface area contributed by atoms with Gasteiger partial charge in [0.2, 0.25) is 5.75 Å². The molecule has 6 rings (SSSR count). The number of benzene rings is 2. The lowest BCUT2D eigenvalue weighted by atomic mass is 10.1. The van der Waals surface area contributed by atoms with Crippen molar-refractivity contribution in [1.82, 2.24) is 14.2 Å². The van der Waals surface area contributed by atoms with E-state index >= 15 is 0 Å². The number of nitro benzene ring substituents is 1. The highest BCUT2D eigenvalue weighted by Crippen LogP contribution is 2.64. The van der Waals surface area contributed by atoms with Crippen molar-refractivity contribution in [3.8, 4) is 11.5 Å². The molecule has 0 N–H and O–H groups in total. The van der Waals surface area contributed by atoms with E-state index in [9.17, 15) is 19.5 Å². The third-order valence-corrected chi connectivity index (χ3v) is 10.0. The SMILES string of the molecule is O=C(c1cccc(Oc2c([N+](=O)[O-])ccc3c2CCC3OP(=O)(N2CC2)N2CC2)c1)N1CCCCC1. The maximum atomic E-state index is 13.5. The van der Waals surface area contributed by atoms with E-state index in [1.165, 1.54) is 6.07 Å². The Labute approximate surface area is 209 Å². The summed E-state index contributed by atoms with van der Waals surface area (Å²) < 4.78 is 29.6. The average Bonchev–Trinajstić information content (AvgIpc) is 3.81. The summed E-state index contributed by atoms with van der Waals surface area (Å²) in [7, 11) is -3.04. The lowest BCUT2D eigenvalue weighted by Gasteiger charge is -2.26. The first kappa shape index (κ1) is 23.6. The van der Waals surface area contributed by atoms with Crippen LogP contribution in [0.25, 0.3) is 0 Å². The monoisotopic (exact) mass is 512 g/mol. The van der Waals surface area contributed by atoms with Gasteiger partial charge in [0.1, 0.15) is 5.75 Å². The number of hydrogen-bond donors (Lipinski definition) is 0. The van der Waals surface area contributed by atoms with E-state index in [2.05, 4.69) is 0 Å². The van der Waals surface area contributed by atoms with Gasteiger partial charge in [-0.05, 0) is 61.9 Å². The van der Waals surface area contributed by atoms with Crippen LogP contribution in [0.3, 0.4) is 0 Å². The van der Waals surface area contributed by atoms with Crippen LogP contribution >= 0.6 is 7.67 Å². The Kier molecular flexibility index (Phi) is 6.08. The van der Waals surface area contributed by atoms with Crippen LogP contribution < -0.4 is 4.74 Å². The highest BCUT2D eigenvalue weighted by molar-refractivity contribution is 7.54. The van der Waals surface area contributed by atoms with Crippen molar-refractivity contribution in [2.45, 2.75) is 38.2 Å². The molecular weight excluding hydrogens is 483 g/mol. The summed E-state index contributed by atoms with van der Waals surface area (Å²) in [5.74, 6) is 0.486. The Balaban J connectivity index is 1.28. The molecule has 190 valence electrons. The zero-order valence-electron chi connectivity index (χ0n) is 20.0. The molecule has 0 saturated carbocycles. The molecule has 3 aliphatic heterocycles. The minimum absolute atomic E-state index is 0.0534. The summed E-state index contributed by atoms with van der Waals surface area (Å²) in [5.41, 5.74) is 1.84. The molecule has 0 aromatic heterocycles. The fourth-order valence-corrected chi connectivity index (χ4v) is 7.52. The molecule has 0 bridgehead atoms. The number of nitro groups is 1. The summed E-state index contributed by atoms with van der Waals surface area (Å²) in [5, 5.41) is 11.9. The van der Waals surface area contributed by atoms with Gasteiger partial charge in [-0.3, -0.25) is 24.0 Å². The number of carbonyl (C=O) groups excluding carboxylic acids is 1. The number of nitrogens with zero attached hydrogens (tertiary/aromatic N) is 4. The summed E-state index contributed by atoms with van der Waals surface area (Å²) >= 11 is 0. The first-order valence-corrected chi connectivity index (χ1v) is 14.1. The third kappa shape index (κ3) is 4.43. The predicted octanol–water partition coefficient (Wildman–Crippen LogP) is 4.76. The van der Waals surface area contributed by atoms with E-state index < -0.39 is 18.7 Å².